The summed E-state index contributed by atoms with van der Waals surface area (Å²) >= 11 is 0. The molecule has 1 aromatic carbocycles. The van der Waals surface area contributed by atoms with E-state index in [1.54, 1.807) is 12.1 Å². The molecule has 0 saturated heterocycles. The highest BCUT2D eigenvalue weighted by atomic mass is 19.3. The fourth-order valence-corrected chi connectivity index (χ4v) is 3.71. The molecule has 1 unspecified atom stereocenters. The summed E-state index contributed by atoms with van der Waals surface area (Å²) in [6.45, 7) is -0.976. The predicted molar refractivity (Wildman–Crippen MR) is 112 cm³/mol. The van der Waals surface area contributed by atoms with Gasteiger partial charge in [0.2, 0.25) is 5.91 Å². The minimum absolute atomic E-state index is 0.0467. The first-order valence-electron chi connectivity index (χ1n) is 10.2. The van der Waals surface area contributed by atoms with Crippen LogP contribution in [0.25, 0.3) is 0 Å². The molecule has 2 N–H and O–H groups in total. The number of hydrogen-bond acceptors (Lipinski definition) is 5. The van der Waals surface area contributed by atoms with E-state index in [2.05, 4.69) is 15.6 Å². The molecule has 1 atom stereocenters. The molecular formula is C22H20F3N5O3. The Morgan fingerprint density at radius 1 is 1.24 bits per heavy atom. The number of carbonyl (C=O) groups is 1. The monoisotopic (exact) mass is 459 g/mol. The van der Waals surface area contributed by atoms with Gasteiger partial charge in [0.15, 0.2) is 18.2 Å². The van der Waals surface area contributed by atoms with Gasteiger partial charge in [-0.05, 0) is 18.9 Å². The number of anilines is 1. The highest BCUT2D eigenvalue weighted by molar-refractivity contribution is 5.81. The van der Waals surface area contributed by atoms with E-state index in [-0.39, 0.29) is 12.4 Å². The van der Waals surface area contributed by atoms with Crippen LogP contribution in [0.4, 0.5) is 19.0 Å². The number of rotatable bonds is 7. The number of halogens is 3. The van der Waals surface area contributed by atoms with Crippen molar-refractivity contribution in [3.05, 3.63) is 93.2 Å². The van der Waals surface area contributed by atoms with Crippen molar-refractivity contribution in [2.24, 2.45) is 0 Å². The summed E-state index contributed by atoms with van der Waals surface area (Å²) in [5.41, 5.74) is -0.281. The number of carbonyl (C=O) groups excluding carboxylic acids is 1. The van der Waals surface area contributed by atoms with Crippen LogP contribution in [-0.2, 0) is 23.7 Å². The predicted octanol–water partition coefficient (Wildman–Crippen LogP) is 2.02. The smallest absolute Gasteiger partial charge is 0.294 e. The lowest BCUT2D eigenvalue weighted by Crippen LogP contribution is -2.37. The number of aryl methyl sites for hydroxylation is 1. The molecule has 0 aliphatic carbocycles. The number of amides is 1. The molecule has 33 heavy (non-hydrogen) atoms. The molecule has 2 aromatic heterocycles. The standard InChI is InChI=1S/C22H20F3N5O3/c23-17-4-2-1-3-14(17)11-27-20(31)18-6-5-16-12-26-19(21(32)30(16)18)28-13-22(24,25)15-7-9-29(33)10-8-15/h1-4,7-10,12,18H,5-6,11,13H2,(H,26,28)(H,27,31). The average Bonchev–Trinajstić information content (AvgIpc) is 3.23. The van der Waals surface area contributed by atoms with Crippen LogP contribution in [0, 0.1) is 11.0 Å². The molecule has 3 heterocycles. The zero-order valence-electron chi connectivity index (χ0n) is 17.3. The molecule has 0 fully saturated rings. The van der Waals surface area contributed by atoms with E-state index in [9.17, 15) is 28.0 Å². The van der Waals surface area contributed by atoms with Gasteiger partial charge in [0, 0.05) is 41.7 Å². The van der Waals surface area contributed by atoms with E-state index in [1.807, 2.05) is 0 Å². The van der Waals surface area contributed by atoms with E-state index >= 15 is 0 Å². The summed E-state index contributed by atoms with van der Waals surface area (Å²) < 4.78 is 44.4. The molecule has 11 heteroatoms. The van der Waals surface area contributed by atoms with Crippen LogP contribution in [0.2, 0.25) is 0 Å². The Kier molecular flexibility index (Phi) is 6.03. The number of fused-ring (bicyclic) bond motifs is 1. The SMILES string of the molecule is O=C(NCc1ccccc1F)C1CCc2cnc(NCC(F)(F)c3cc[n+]([O-])cc3)c(=O)n21. The summed E-state index contributed by atoms with van der Waals surface area (Å²) in [4.78, 5) is 29.6. The zero-order valence-corrected chi connectivity index (χ0v) is 17.3. The number of alkyl halides is 2. The van der Waals surface area contributed by atoms with Crippen LogP contribution in [0.3, 0.4) is 0 Å². The highest BCUT2D eigenvalue weighted by Gasteiger charge is 2.34. The van der Waals surface area contributed by atoms with E-state index in [0.29, 0.717) is 28.8 Å². The number of aromatic nitrogens is 3. The van der Waals surface area contributed by atoms with Crippen LogP contribution < -0.4 is 20.9 Å². The van der Waals surface area contributed by atoms with Gasteiger partial charge in [0.05, 0.1) is 6.54 Å². The molecule has 0 bridgehead atoms. The Labute approximate surface area is 186 Å². The second-order valence-corrected chi connectivity index (χ2v) is 7.64. The maximum absolute atomic E-state index is 14.5. The maximum Gasteiger partial charge on any atom is 0.294 e. The largest absolute Gasteiger partial charge is 0.619 e. The van der Waals surface area contributed by atoms with Crippen LogP contribution in [0.15, 0.2) is 59.8 Å². The van der Waals surface area contributed by atoms with Gasteiger partial charge in [-0.25, -0.2) is 9.37 Å². The summed E-state index contributed by atoms with van der Waals surface area (Å²) in [5.74, 6) is -4.62. The van der Waals surface area contributed by atoms with Crippen LogP contribution in [-0.4, -0.2) is 22.0 Å². The average molecular weight is 459 g/mol. The Bertz CT molecular complexity index is 1230. The van der Waals surface area contributed by atoms with E-state index < -0.39 is 41.4 Å². The lowest BCUT2D eigenvalue weighted by atomic mass is 10.1. The molecule has 0 saturated carbocycles. The third-order valence-corrected chi connectivity index (χ3v) is 5.47. The number of pyridine rings is 1. The molecule has 4 rings (SSSR count). The van der Waals surface area contributed by atoms with Gasteiger partial charge in [0.1, 0.15) is 11.9 Å². The number of nitrogens with one attached hydrogen (secondary N) is 2. The summed E-state index contributed by atoms with van der Waals surface area (Å²) in [6, 6.07) is 7.14. The van der Waals surface area contributed by atoms with Crippen LogP contribution in [0.1, 0.15) is 29.3 Å². The van der Waals surface area contributed by atoms with Crippen molar-refractivity contribution < 1.29 is 22.7 Å². The first-order valence-corrected chi connectivity index (χ1v) is 10.2. The summed E-state index contributed by atoms with van der Waals surface area (Å²) in [7, 11) is 0. The first kappa shape index (κ1) is 22.3. The zero-order chi connectivity index (χ0) is 23.6. The quantitative estimate of drug-likeness (QED) is 0.416. The van der Waals surface area contributed by atoms with Crippen LogP contribution >= 0.6 is 0 Å². The molecule has 8 nitrogen and oxygen atoms in total. The van der Waals surface area contributed by atoms with Gasteiger partial charge in [-0.3, -0.25) is 14.2 Å². The highest BCUT2D eigenvalue weighted by Crippen LogP contribution is 2.28. The van der Waals surface area contributed by atoms with E-state index in [0.717, 1.165) is 24.5 Å². The molecule has 172 valence electrons. The lowest BCUT2D eigenvalue weighted by molar-refractivity contribution is -0.605. The van der Waals surface area contributed by atoms with Gasteiger partial charge in [-0.15, -0.1) is 0 Å². The molecule has 0 radical (unpaired) electrons. The van der Waals surface area contributed by atoms with Crippen molar-refractivity contribution in [3.8, 4) is 0 Å². The summed E-state index contributed by atoms with van der Waals surface area (Å²) in [5, 5.41) is 16.0. The normalized spacial score (nSPS) is 15.2. The topological polar surface area (TPSA) is 103 Å². The van der Waals surface area contributed by atoms with E-state index in [4.69, 9.17) is 0 Å². The Morgan fingerprint density at radius 2 is 1.97 bits per heavy atom. The lowest BCUT2D eigenvalue weighted by Gasteiger charge is -2.19. The van der Waals surface area contributed by atoms with Crippen molar-refractivity contribution in [3.63, 3.8) is 0 Å². The second-order valence-electron chi connectivity index (χ2n) is 7.64. The Hall–Kier alpha value is -3.89. The van der Waals surface area contributed by atoms with Gasteiger partial charge in [-0.1, -0.05) is 18.2 Å². The fourth-order valence-electron chi connectivity index (χ4n) is 3.71. The fraction of sp³-hybridized carbons (Fsp3) is 0.273. The van der Waals surface area contributed by atoms with Gasteiger partial charge in [0.25, 0.3) is 11.5 Å². The molecule has 3 aromatic rings. The number of hydrogen-bond donors (Lipinski definition) is 2. The third kappa shape index (κ3) is 4.66. The van der Waals surface area contributed by atoms with Crippen molar-refractivity contribution in [2.45, 2.75) is 31.4 Å². The van der Waals surface area contributed by atoms with Gasteiger partial charge < -0.3 is 15.8 Å². The third-order valence-electron chi connectivity index (χ3n) is 5.47. The number of benzene rings is 1. The first-order chi connectivity index (χ1) is 15.8. The summed E-state index contributed by atoms with van der Waals surface area (Å²) in [6.07, 6.45) is 4.02. The minimum Gasteiger partial charge on any atom is -0.619 e. The van der Waals surface area contributed by atoms with Crippen molar-refractivity contribution in [1.82, 2.24) is 14.9 Å². The molecule has 1 aliphatic rings. The maximum atomic E-state index is 14.5. The molecule has 1 aliphatic heterocycles. The van der Waals surface area contributed by atoms with Gasteiger partial charge in [-0.2, -0.15) is 13.5 Å². The second kappa shape index (κ2) is 8.93. The molecular weight excluding hydrogens is 439 g/mol. The number of nitrogens with zero attached hydrogens (tertiary/aromatic N) is 3. The minimum atomic E-state index is -3.37. The molecule has 1 amide bonds. The van der Waals surface area contributed by atoms with E-state index in [1.165, 1.54) is 22.9 Å². The van der Waals surface area contributed by atoms with Gasteiger partial charge >= 0.3 is 0 Å². The Balaban J connectivity index is 1.48. The van der Waals surface area contributed by atoms with Crippen molar-refractivity contribution in [2.75, 3.05) is 11.9 Å². The Morgan fingerprint density at radius 3 is 2.70 bits per heavy atom. The van der Waals surface area contributed by atoms with Crippen LogP contribution in [0.5, 0.6) is 0 Å². The van der Waals surface area contributed by atoms with Crippen molar-refractivity contribution >= 4 is 11.7 Å². The molecule has 0 spiro atoms. The van der Waals surface area contributed by atoms with Crippen molar-refractivity contribution in [1.29, 1.82) is 0 Å².